The summed E-state index contributed by atoms with van der Waals surface area (Å²) in [5.74, 6) is 2.05. The van der Waals surface area contributed by atoms with Crippen LogP contribution < -0.4 is 5.56 Å². The summed E-state index contributed by atoms with van der Waals surface area (Å²) < 4.78 is 5.75. The van der Waals surface area contributed by atoms with Gasteiger partial charge in [-0.2, -0.15) is 0 Å². The van der Waals surface area contributed by atoms with E-state index in [1.807, 2.05) is 22.6 Å². The van der Waals surface area contributed by atoms with Gasteiger partial charge in [0.1, 0.15) is 9.39 Å². The second-order valence-corrected chi connectivity index (χ2v) is 6.01. The van der Waals surface area contributed by atoms with Crippen LogP contribution in [0.25, 0.3) is 0 Å². The van der Waals surface area contributed by atoms with Gasteiger partial charge in [0.2, 0.25) is 0 Å². The van der Waals surface area contributed by atoms with Crippen molar-refractivity contribution in [1.82, 2.24) is 9.97 Å². The van der Waals surface area contributed by atoms with Crippen molar-refractivity contribution in [1.29, 1.82) is 0 Å². The Balaban J connectivity index is 2.26. The minimum absolute atomic E-state index is 0.0346. The molecule has 1 aromatic heterocycles. The number of H-pyrrole nitrogens is 1. The Bertz CT molecular complexity index is 473. The monoisotopic (exact) mass is 362 g/mol. The van der Waals surface area contributed by atoms with Crippen LogP contribution in [0.3, 0.4) is 0 Å². The Kier molecular flexibility index (Phi) is 4.77. The van der Waals surface area contributed by atoms with Gasteiger partial charge in [-0.25, -0.2) is 4.98 Å². The fourth-order valence-corrected chi connectivity index (χ4v) is 3.06. The number of methoxy groups -OCH3 is 1. The van der Waals surface area contributed by atoms with E-state index in [0.29, 0.717) is 16.1 Å². The van der Waals surface area contributed by atoms with E-state index in [0.717, 1.165) is 30.3 Å². The molecule has 4 nitrogen and oxygen atoms in total. The van der Waals surface area contributed by atoms with Gasteiger partial charge in [0, 0.05) is 13.0 Å². The molecule has 0 aliphatic heterocycles. The normalized spacial score (nSPS) is 23.5. The summed E-state index contributed by atoms with van der Waals surface area (Å²) in [6.45, 7) is 2.63. The Hall–Kier alpha value is -0.430. The summed E-state index contributed by atoms with van der Waals surface area (Å²) in [7, 11) is 1.63. The quantitative estimate of drug-likeness (QED) is 0.839. The Morgan fingerprint density at radius 3 is 2.89 bits per heavy atom. The number of halogens is 1. The minimum Gasteiger partial charge on any atom is -0.378 e. The number of rotatable bonds is 4. The third-order valence-electron chi connectivity index (χ3n) is 3.74. The molecule has 2 unspecified atom stereocenters. The summed E-state index contributed by atoms with van der Waals surface area (Å²) in [4.78, 5) is 19.4. The van der Waals surface area contributed by atoms with E-state index in [4.69, 9.17) is 4.74 Å². The van der Waals surface area contributed by atoms with Crippen LogP contribution in [0.4, 0.5) is 0 Å². The predicted octanol–water partition coefficient (Wildman–Crippen LogP) is 2.81. The van der Waals surface area contributed by atoms with Crippen molar-refractivity contribution >= 4 is 22.6 Å². The lowest BCUT2D eigenvalue weighted by Gasteiger charge is -2.11. The number of aromatic amines is 1. The molecular weight excluding hydrogens is 343 g/mol. The van der Waals surface area contributed by atoms with Crippen LogP contribution in [0.2, 0.25) is 0 Å². The molecule has 0 aromatic carbocycles. The Labute approximate surface area is 121 Å². The van der Waals surface area contributed by atoms with Crippen LogP contribution in [-0.4, -0.2) is 17.1 Å². The lowest BCUT2D eigenvalue weighted by molar-refractivity contribution is 0.180. The molecule has 18 heavy (non-hydrogen) atoms. The van der Waals surface area contributed by atoms with Crippen molar-refractivity contribution in [2.45, 2.75) is 45.1 Å². The van der Waals surface area contributed by atoms with E-state index in [1.165, 1.54) is 12.8 Å². The van der Waals surface area contributed by atoms with Crippen LogP contribution in [0, 0.1) is 9.49 Å². The molecule has 1 saturated carbocycles. The molecule has 0 amide bonds. The molecule has 0 radical (unpaired) electrons. The van der Waals surface area contributed by atoms with Crippen molar-refractivity contribution in [3.8, 4) is 0 Å². The van der Waals surface area contributed by atoms with Crippen LogP contribution in [0.15, 0.2) is 4.79 Å². The molecular formula is C13H19IN2O2. The second kappa shape index (κ2) is 6.14. The highest BCUT2D eigenvalue weighted by Gasteiger charge is 2.27. The van der Waals surface area contributed by atoms with E-state index >= 15 is 0 Å². The first-order chi connectivity index (χ1) is 8.65. The fraction of sp³-hybridized carbons (Fsp3) is 0.692. The highest BCUT2D eigenvalue weighted by Crippen LogP contribution is 2.38. The molecule has 0 bridgehead atoms. The van der Waals surface area contributed by atoms with E-state index < -0.39 is 0 Å². The van der Waals surface area contributed by atoms with Crippen molar-refractivity contribution in [2.75, 3.05) is 7.11 Å². The fourth-order valence-electron chi connectivity index (χ4n) is 2.64. The van der Waals surface area contributed by atoms with Crippen LogP contribution >= 0.6 is 22.6 Å². The number of hydrogen-bond acceptors (Lipinski definition) is 3. The first kappa shape index (κ1) is 14.0. The smallest absolute Gasteiger partial charge is 0.264 e. The minimum atomic E-state index is -0.0346. The molecule has 1 N–H and O–H groups in total. The maximum atomic E-state index is 11.9. The average molecular weight is 362 g/mol. The van der Waals surface area contributed by atoms with Crippen LogP contribution in [-0.2, 0) is 11.3 Å². The van der Waals surface area contributed by atoms with E-state index in [2.05, 4.69) is 16.9 Å². The number of nitrogens with one attached hydrogen (secondary N) is 1. The van der Waals surface area contributed by atoms with E-state index in [-0.39, 0.29) is 5.56 Å². The van der Waals surface area contributed by atoms with Gasteiger partial charge < -0.3 is 9.72 Å². The van der Waals surface area contributed by atoms with Gasteiger partial charge in [-0.15, -0.1) is 0 Å². The largest absolute Gasteiger partial charge is 0.378 e. The first-order valence-electron chi connectivity index (χ1n) is 6.43. The zero-order valence-corrected chi connectivity index (χ0v) is 13.0. The van der Waals surface area contributed by atoms with Crippen molar-refractivity contribution < 1.29 is 4.74 Å². The highest BCUT2D eigenvalue weighted by atomic mass is 127. The SMILES string of the molecule is CCC1CCC(c2nc(COC)c(I)c(=O)[nH]2)C1. The lowest BCUT2D eigenvalue weighted by atomic mass is 10.0. The van der Waals surface area contributed by atoms with E-state index in [9.17, 15) is 4.79 Å². The maximum absolute atomic E-state index is 11.9. The molecule has 2 rings (SSSR count). The standard InChI is InChI=1S/C13H19IN2O2/c1-3-8-4-5-9(6-8)12-15-10(7-18-2)11(14)13(17)16-12/h8-9H,3-7H2,1-2H3,(H,15,16,17). The summed E-state index contributed by atoms with van der Waals surface area (Å²) in [6, 6.07) is 0. The third-order valence-corrected chi connectivity index (χ3v) is 4.85. The molecule has 1 aromatic rings. The van der Waals surface area contributed by atoms with Crippen LogP contribution in [0.5, 0.6) is 0 Å². The molecule has 1 aliphatic carbocycles. The van der Waals surface area contributed by atoms with Crippen LogP contribution in [0.1, 0.15) is 50.0 Å². The zero-order chi connectivity index (χ0) is 13.1. The van der Waals surface area contributed by atoms with Crippen molar-refractivity contribution in [3.63, 3.8) is 0 Å². The maximum Gasteiger partial charge on any atom is 0.264 e. The zero-order valence-electron chi connectivity index (χ0n) is 10.8. The molecule has 0 spiro atoms. The second-order valence-electron chi connectivity index (χ2n) is 4.93. The molecule has 2 atom stereocenters. The lowest BCUT2D eigenvalue weighted by Crippen LogP contribution is -2.20. The summed E-state index contributed by atoms with van der Waals surface area (Å²) in [6.07, 6.45) is 4.74. The molecule has 100 valence electrons. The highest BCUT2D eigenvalue weighted by molar-refractivity contribution is 14.1. The molecule has 1 aliphatic rings. The number of nitrogens with zero attached hydrogens (tertiary/aromatic N) is 1. The van der Waals surface area contributed by atoms with Crippen molar-refractivity contribution in [2.24, 2.45) is 5.92 Å². The first-order valence-corrected chi connectivity index (χ1v) is 7.51. The van der Waals surface area contributed by atoms with Crippen molar-refractivity contribution in [3.05, 3.63) is 25.4 Å². The molecule has 1 fully saturated rings. The summed E-state index contributed by atoms with van der Waals surface area (Å²) in [5.41, 5.74) is 0.726. The van der Waals surface area contributed by atoms with Gasteiger partial charge in [-0.3, -0.25) is 4.79 Å². The number of ether oxygens (including phenoxy) is 1. The molecule has 1 heterocycles. The molecule has 0 saturated heterocycles. The number of aromatic nitrogens is 2. The Morgan fingerprint density at radius 2 is 2.28 bits per heavy atom. The van der Waals surface area contributed by atoms with Gasteiger partial charge in [0.15, 0.2) is 0 Å². The molecule has 5 heteroatoms. The van der Waals surface area contributed by atoms with E-state index in [1.54, 1.807) is 7.11 Å². The topological polar surface area (TPSA) is 55.0 Å². The predicted molar refractivity (Wildman–Crippen MR) is 78.7 cm³/mol. The average Bonchev–Trinajstić information content (AvgIpc) is 2.83. The van der Waals surface area contributed by atoms with Gasteiger partial charge in [0.25, 0.3) is 5.56 Å². The van der Waals surface area contributed by atoms with Gasteiger partial charge in [-0.05, 0) is 47.8 Å². The van der Waals surface area contributed by atoms with Gasteiger partial charge in [-0.1, -0.05) is 13.3 Å². The number of hydrogen-bond donors (Lipinski definition) is 1. The third kappa shape index (κ3) is 2.93. The van der Waals surface area contributed by atoms with Gasteiger partial charge in [0.05, 0.1) is 12.3 Å². The summed E-state index contributed by atoms with van der Waals surface area (Å²) in [5, 5.41) is 0. The van der Waals surface area contributed by atoms with Gasteiger partial charge >= 0.3 is 0 Å². The summed E-state index contributed by atoms with van der Waals surface area (Å²) >= 11 is 2.03. The Morgan fingerprint density at radius 1 is 1.50 bits per heavy atom.